The highest BCUT2D eigenvalue weighted by Gasteiger charge is 2.57. The van der Waals surface area contributed by atoms with Crippen molar-refractivity contribution in [3.8, 4) is 0 Å². The Kier molecular flexibility index (Phi) is 11.3. The van der Waals surface area contributed by atoms with E-state index in [-0.39, 0.29) is 0 Å². The Labute approximate surface area is 185 Å². The van der Waals surface area contributed by atoms with Crippen LogP contribution < -0.4 is 0 Å². The van der Waals surface area contributed by atoms with E-state index >= 15 is 0 Å². The Hall–Kier alpha value is -0.206. The highest BCUT2D eigenvalue weighted by atomic mass is 28.5. The fraction of sp³-hybridized carbons (Fsp3) is 0.600. The van der Waals surface area contributed by atoms with Gasteiger partial charge in [0.15, 0.2) is 39.3 Å². The van der Waals surface area contributed by atoms with Gasteiger partial charge in [-0.15, -0.1) is 19.7 Å². The van der Waals surface area contributed by atoms with Gasteiger partial charge in [-0.1, -0.05) is 18.2 Å². The summed E-state index contributed by atoms with van der Waals surface area (Å²) in [6.07, 6.45) is 7.43. The van der Waals surface area contributed by atoms with E-state index < -0.39 is 42.3 Å². The first kappa shape index (κ1) is 28.8. The number of hydrogen-bond acceptors (Lipinski definition) is 4. The molecule has 0 bridgehead atoms. The van der Waals surface area contributed by atoms with E-state index in [1.807, 2.05) is 18.2 Å². The Morgan fingerprint density at radius 2 is 0.793 bits per heavy atom. The average Bonchev–Trinajstić information content (AvgIpc) is 2.43. The van der Waals surface area contributed by atoms with Gasteiger partial charge in [-0.05, 0) is 70.5 Å². The maximum absolute atomic E-state index is 6.83. The van der Waals surface area contributed by atoms with E-state index in [1.165, 1.54) is 0 Å². The number of rotatable bonds is 16. The van der Waals surface area contributed by atoms with Crippen LogP contribution in [0.3, 0.4) is 0 Å². The summed E-state index contributed by atoms with van der Waals surface area (Å²) < 4.78 is 27.3. The van der Waals surface area contributed by atoms with Gasteiger partial charge in [0.05, 0.1) is 0 Å². The standard InChI is InChI=1S/C20H43O4Si5/c1-13-17-25(5,6)21-29(22-26(7,8)18-14-2,23-27(9,10)19-15-3)24-28(11,12)20-16-4/h1,13-16H,2-4,17-20H2,5-12H3/q+1. The van der Waals surface area contributed by atoms with E-state index in [0.717, 1.165) is 18.1 Å². The number of hydrogen-bond donors (Lipinski definition) is 0. The molecule has 4 nitrogen and oxygen atoms in total. The second-order valence-corrected chi connectivity index (χ2v) is 29.8. The third-order valence-corrected chi connectivity index (χ3v) is 22.0. The second kappa shape index (κ2) is 11.4. The predicted molar refractivity (Wildman–Crippen MR) is 139 cm³/mol. The molecule has 166 valence electrons. The molecule has 0 heterocycles. The largest absolute Gasteiger partial charge is 0.637 e. The maximum atomic E-state index is 6.83. The van der Waals surface area contributed by atoms with Crippen LogP contribution in [0.4, 0.5) is 0 Å². The zero-order chi connectivity index (χ0) is 23.0. The van der Waals surface area contributed by atoms with Crippen molar-refractivity contribution in [2.75, 3.05) is 0 Å². The molecular weight excluding hydrogens is 445 g/mol. The van der Waals surface area contributed by atoms with Crippen LogP contribution >= 0.6 is 0 Å². The molecule has 9 heteroatoms. The highest BCUT2D eigenvalue weighted by Crippen LogP contribution is 2.33. The van der Waals surface area contributed by atoms with Crippen molar-refractivity contribution in [2.24, 2.45) is 0 Å². The van der Waals surface area contributed by atoms with Crippen LogP contribution in [0.5, 0.6) is 0 Å². The lowest BCUT2D eigenvalue weighted by molar-refractivity contribution is 0.147. The lowest BCUT2D eigenvalue weighted by Crippen LogP contribution is -2.66. The van der Waals surface area contributed by atoms with Gasteiger partial charge in [-0.25, -0.2) is 0 Å². The van der Waals surface area contributed by atoms with Crippen molar-refractivity contribution in [3.63, 3.8) is 0 Å². The van der Waals surface area contributed by atoms with Crippen molar-refractivity contribution < 1.29 is 16.5 Å². The van der Waals surface area contributed by atoms with Gasteiger partial charge in [0.2, 0.25) is 6.58 Å². The molecule has 0 amide bonds. The molecule has 0 radical (unpaired) electrons. The fourth-order valence-electron chi connectivity index (χ4n) is 2.97. The van der Waals surface area contributed by atoms with Crippen LogP contribution in [0.2, 0.25) is 76.6 Å². The Bertz CT molecular complexity index is 472. The molecule has 0 aliphatic carbocycles. The minimum absolute atomic E-state index is 0.703. The summed E-state index contributed by atoms with van der Waals surface area (Å²) in [5, 5.41) is 0. The van der Waals surface area contributed by atoms with Gasteiger partial charge in [-0.2, -0.15) is 0 Å². The molecule has 0 unspecified atom stereocenters. The summed E-state index contributed by atoms with van der Waals surface area (Å²) in [5.74, 6) is 0. The summed E-state index contributed by atoms with van der Waals surface area (Å²) in [4.78, 5) is 0. The van der Waals surface area contributed by atoms with Crippen LogP contribution in [0.15, 0.2) is 44.0 Å². The summed E-state index contributed by atoms with van der Waals surface area (Å²) in [5.41, 5.74) is 0. The van der Waals surface area contributed by atoms with Gasteiger partial charge in [0, 0.05) is 6.04 Å². The summed E-state index contributed by atoms with van der Waals surface area (Å²) in [6, 6.07) is 3.11. The molecule has 0 fully saturated rings. The topological polar surface area (TPSA) is 36.9 Å². The second-order valence-electron chi connectivity index (χ2n) is 9.87. The first-order valence-electron chi connectivity index (χ1n) is 10.2. The van der Waals surface area contributed by atoms with E-state index in [4.69, 9.17) is 23.0 Å². The molecule has 0 aromatic carbocycles. The van der Waals surface area contributed by atoms with E-state index in [9.17, 15) is 0 Å². The normalized spacial score (nSPS) is 13.8. The molecule has 0 aliphatic rings. The smallest absolute Gasteiger partial charge is 0.395 e. The van der Waals surface area contributed by atoms with Crippen molar-refractivity contribution in [1.82, 2.24) is 0 Å². The van der Waals surface area contributed by atoms with Crippen LogP contribution in [0, 0.1) is 6.58 Å². The molecule has 0 saturated carbocycles. The molecular formula is C20H43O4Si5+. The minimum Gasteiger partial charge on any atom is -0.395 e. The SMILES string of the molecule is [CH+]=CC[Si](C)(C)O[Si](O[Si](C)(C)CC=C)(O[Si](C)(C)CC=C)O[Si](C)(C)CC=C. The molecule has 0 rings (SSSR count). The molecule has 0 aromatic rings. The highest BCUT2D eigenvalue weighted by molar-refractivity contribution is 6.92. The molecule has 0 aromatic heterocycles. The van der Waals surface area contributed by atoms with Crippen molar-refractivity contribution in [2.45, 2.75) is 76.6 Å². The van der Waals surface area contributed by atoms with E-state index in [0.29, 0.717) is 6.04 Å². The fourth-order valence-corrected chi connectivity index (χ4v) is 21.0. The molecule has 0 saturated heterocycles. The van der Waals surface area contributed by atoms with Crippen molar-refractivity contribution >= 4 is 42.3 Å². The van der Waals surface area contributed by atoms with Crippen molar-refractivity contribution in [3.05, 3.63) is 50.6 Å². The predicted octanol–water partition coefficient (Wildman–Crippen LogP) is 6.86. The molecule has 0 atom stereocenters. The van der Waals surface area contributed by atoms with Gasteiger partial charge in [-0.3, -0.25) is 0 Å². The van der Waals surface area contributed by atoms with Gasteiger partial charge in [0.1, 0.15) is 0 Å². The van der Waals surface area contributed by atoms with Crippen LogP contribution in [-0.4, -0.2) is 42.3 Å². The molecule has 29 heavy (non-hydrogen) atoms. The lowest BCUT2D eigenvalue weighted by atomic mass is 10.8. The third kappa shape index (κ3) is 11.7. The zero-order valence-corrected chi connectivity index (χ0v) is 25.0. The minimum atomic E-state index is -3.46. The monoisotopic (exact) mass is 487 g/mol. The molecule has 0 spiro atoms. The Morgan fingerprint density at radius 3 is 1.00 bits per heavy atom. The quantitative estimate of drug-likeness (QED) is 0.135. The maximum Gasteiger partial charge on any atom is 0.637 e. The summed E-state index contributed by atoms with van der Waals surface area (Å²) in [6.45, 7) is 34.8. The average molecular weight is 488 g/mol. The summed E-state index contributed by atoms with van der Waals surface area (Å²) >= 11 is 0. The van der Waals surface area contributed by atoms with Gasteiger partial charge >= 0.3 is 9.05 Å². The van der Waals surface area contributed by atoms with Gasteiger partial charge < -0.3 is 16.5 Å². The number of allylic oxidation sites excluding steroid dienone is 4. The summed E-state index contributed by atoms with van der Waals surface area (Å²) in [7, 11) is -12.2. The molecule has 0 aliphatic heterocycles. The Balaban J connectivity index is 6.40. The van der Waals surface area contributed by atoms with E-state index in [2.05, 4.69) is 72.1 Å². The zero-order valence-electron chi connectivity index (χ0n) is 20.0. The lowest BCUT2D eigenvalue weighted by Gasteiger charge is -2.45. The third-order valence-electron chi connectivity index (χ3n) is 4.12. The van der Waals surface area contributed by atoms with Crippen LogP contribution in [0.1, 0.15) is 0 Å². The molecule has 0 N–H and O–H groups in total. The van der Waals surface area contributed by atoms with E-state index in [1.54, 1.807) is 6.08 Å². The first-order chi connectivity index (χ1) is 13.1. The first-order valence-corrected chi connectivity index (χ1v) is 24.3. The van der Waals surface area contributed by atoms with Gasteiger partial charge in [0.25, 0.3) is 0 Å². The van der Waals surface area contributed by atoms with Crippen molar-refractivity contribution in [1.29, 1.82) is 0 Å². The Morgan fingerprint density at radius 1 is 0.552 bits per heavy atom. The van der Waals surface area contributed by atoms with Crippen LogP contribution in [0.25, 0.3) is 0 Å². The van der Waals surface area contributed by atoms with Crippen LogP contribution in [-0.2, 0) is 16.5 Å².